The van der Waals surface area contributed by atoms with E-state index in [2.05, 4.69) is 19.8 Å². The van der Waals surface area contributed by atoms with E-state index in [1.54, 1.807) is 0 Å². The molecule has 0 spiro atoms. The molecule has 1 aromatic heterocycles. The van der Waals surface area contributed by atoms with Crippen molar-refractivity contribution in [2.75, 3.05) is 19.8 Å². The normalized spacial score (nSPS) is 40.7. The van der Waals surface area contributed by atoms with Crippen LogP contribution < -0.4 is 5.32 Å². The molecular formula is C21H28N4O3. The predicted octanol–water partition coefficient (Wildman–Crippen LogP) is 0.978. The van der Waals surface area contributed by atoms with E-state index >= 15 is 0 Å². The van der Waals surface area contributed by atoms with Crippen LogP contribution in [0, 0.1) is 23.7 Å². The summed E-state index contributed by atoms with van der Waals surface area (Å²) >= 11 is 0. The smallest absolute Gasteiger partial charge is 0.226 e. The lowest BCUT2D eigenvalue weighted by molar-refractivity contribution is -0.138. The van der Waals surface area contributed by atoms with Crippen molar-refractivity contribution in [2.24, 2.45) is 23.7 Å². The molecule has 6 atom stereocenters. The van der Waals surface area contributed by atoms with E-state index < -0.39 is 0 Å². The van der Waals surface area contributed by atoms with Gasteiger partial charge in [-0.25, -0.2) is 4.98 Å². The Hall–Kier alpha value is -1.89. The first-order valence-electron chi connectivity index (χ1n) is 10.9. The Balaban J connectivity index is 1.16. The molecule has 4 unspecified atom stereocenters. The van der Waals surface area contributed by atoms with Gasteiger partial charge < -0.3 is 19.5 Å². The first-order chi connectivity index (χ1) is 13.7. The number of nitrogens with one attached hydrogen (secondary N) is 1. The van der Waals surface area contributed by atoms with Crippen LogP contribution in [0.5, 0.6) is 0 Å². The highest BCUT2D eigenvalue weighted by Crippen LogP contribution is 2.52. The van der Waals surface area contributed by atoms with E-state index in [1.807, 2.05) is 12.5 Å². The molecule has 3 aliphatic heterocycles. The molecule has 5 aliphatic rings. The molecule has 2 amide bonds. The van der Waals surface area contributed by atoms with Crippen LogP contribution in [0.25, 0.3) is 0 Å². The van der Waals surface area contributed by atoms with Crippen molar-refractivity contribution in [3.8, 4) is 0 Å². The third-order valence-electron chi connectivity index (χ3n) is 8.15. The van der Waals surface area contributed by atoms with E-state index in [0.717, 1.165) is 70.5 Å². The van der Waals surface area contributed by atoms with Crippen LogP contribution in [0.2, 0.25) is 0 Å². The lowest BCUT2D eigenvalue weighted by Crippen LogP contribution is -2.55. The Morgan fingerprint density at radius 3 is 2.89 bits per heavy atom. The molecule has 6 rings (SSSR count). The van der Waals surface area contributed by atoms with Gasteiger partial charge in [-0.1, -0.05) is 0 Å². The molecular weight excluding hydrogens is 356 g/mol. The number of likely N-dealkylation sites (tertiary alicyclic amines) is 1. The summed E-state index contributed by atoms with van der Waals surface area (Å²) in [5.74, 6) is 1.56. The van der Waals surface area contributed by atoms with Crippen molar-refractivity contribution in [3.63, 3.8) is 0 Å². The molecule has 28 heavy (non-hydrogen) atoms. The zero-order chi connectivity index (χ0) is 18.9. The van der Waals surface area contributed by atoms with Crippen LogP contribution in [-0.4, -0.2) is 57.6 Å². The van der Waals surface area contributed by atoms with E-state index in [9.17, 15) is 9.59 Å². The number of ether oxygens (including phenoxy) is 1. The lowest BCUT2D eigenvalue weighted by atomic mass is 9.91. The SMILES string of the molecule is O=C(NC12CCCC1N(C(=O)C1CCn3cncc3C1)CC2)C1[C@H]2COC[C@@H]12. The third-order valence-corrected chi connectivity index (χ3v) is 8.15. The van der Waals surface area contributed by atoms with E-state index in [-0.39, 0.29) is 35.2 Å². The number of hydrogen-bond donors (Lipinski definition) is 1. The van der Waals surface area contributed by atoms with Gasteiger partial charge in [0.15, 0.2) is 0 Å². The van der Waals surface area contributed by atoms with Crippen molar-refractivity contribution in [2.45, 2.75) is 56.7 Å². The van der Waals surface area contributed by atoms with Crippen molar-refractivity contribution >= 4 is 11.8 Å². The molecule has 4 heterocycles. The van der Waals surface area contributed by atoms with Gasteiger partial charge in [0.2, 0.25) is 11.8 Å². The summed E-state index contributed by atoms with van der Waals surface area (Å²) in [6, 6.07) is 0.172. The average Bonchev–Trinajstić information content (AvgIpc) is 3.22. The number of aryl methyl sites for hydroxylation is 1. The zero-order valence-corrected chi connectivity index (χ0v) is 16.2. The Morgan fingerprint density at radius 1 is 1.18 bits per heavy atom. The average molecular weight is 384 g/mol. The Labute approximate surface area is 164 Å². The van der Waals surface area contributed by atoms with Gasteiger partial charge in [-0.3, -0.25) is 9.59 Å². The Morgan fingerprint density at radius 2 is 2.04 bits per heavy atom. The van der Waals surface area contributed by atoms with Crippen molar-refractivity contribution in [1.82, 2.24) is 19.8 Å². The molecule has 2 saturated carbocycles. The van der Waals surface area contributed by atoms with Crippen LogP contribution in [0.15, 0.2) is 12.5 Å². The highest BCUT2D eigenvalue weighted by molar-refractivity contribution is 5.84. The molecule has 0 aromatic carbocycles. The summed E-state index contributed by atoms with van der Waals surface area (Å²) < 4.78 is 7.59. The van der Waals surface area contributed by atoms with Crippen LogP contribution >= 0.6 is 0 Å². The molecule has 2 aliphatic carbocycles. The van der Waals surface area contributed by atoms with Gasteiger partial charge in [-0.15, -0.1) is 0 Å². The fourth-order valence-corrected chi connectivity index (χ4v) is 6.52. The molecule has 2 saturated heterocycles. The van der Waals surface area contributed by atoms with Crippen LogP contribution in [0.4, 0.5) is 0 Å². The first-order valence-corrected chi connectivity index (χ1v) is 10.9. The minimum atomic E-state index is -0.194. The number of fused-ring (bicyclic) bond motifs is 3. The van der Waals surface area contributed by atoms with Gasteiger partial charge in [0.25, 0.3) is 0 Å². The second kappa shape index (κ2) is 6.05. The summed E-state index contributed by atoms with van der Waals surface area (Å²) in [5.41, 5.74) is 0.971. The van der Waals surface area contributed by atoms with Crippen molar-refractivity contribution < 1.29 is 14.3 Å². The number of carbonyl (C=O) groups is 2. The number of amides is 2. The number of aromatic nitrogens is 2. The standard InChI is InChI=1S/C21H28N4O3/c26-19(18-15-10-28-11-16(15)18)23-21-4-1-2-17(21)25(7-5-21)20(27)13-3-6-24-12-22-9-14(24)8-13/h9,12-13,15-18H,1-8,10-11H2,(H,23,26)/t13?,15-,16+,17?,18?,21?. The maximum Gasteiger partial charge on any atom is 0.226 e. The Bertz CT molecular complexity index is 812. The van der Waals surface area contributed by atoms with E-state index in [4.69, 9.17) is 4.74 Å². The van der Waals surface area contributed by atoms with Crippen molar-refractivity contribution in [3.05, 3.63) is 18.2 Å². The molecule has 7 heteroatoms. The molecule has 0 bridgehead atoms. The van der Waals surface area contributed by atoms with E-state index in [0.29, 0.717) is 11.8 Å². The Kier molecular flexibility index (Phi) is 3.68. The number of carbonyl (C=O) groups excluding carboxylic acids is 2. The molecule has 1 N–H and O–H groups in total. The zero-order valence-electron chi connectivity index (χ0n) is 16.2. The van der Waals surface area contributed by atoms with E-state index in [1.165, 1.54) is 0 Å². The second-order valence-electron chi connectivity index (χ2n) is 9.49. The summed E-state index contributed by atoms with van der Waals surface area (Å²) in [6.07, 6.45) is 9.43. The third kappa shape index (κ3) is 2.41. The largest absolute Gasteiger partial charge is 0.381 e. The van der Waals surface area contributed by atoms with Crippen molar-refractivity contribution in [1.29, 1.82) is 0 Å². The van der Waals surface area contributed by atoms with Crippen LogP contribution in [-0.2, 0) is 27.3 Å². The molecule has 7 nitrogen and oxygen atoms in total. The van der Waals surface area contributed by atoms with Crippen LogP contribution in [0.1, 0.15) is 37.8 Å². The van der Waals surface area contributed by atoms with Gasteiger partial charge in [0.1, 0.15) is 0 Å². The highest BCUT2D eigenvalue weighted by atomic mass is 16.5. The van der Waals surface area contributed by atoms with Gasteiger partial charge >= 0.3 is 0 Å². The van der Waals surface area contributed by atoms with Gasteiger partial charge in [-0.05, 0) is 43.9 Å². The number of imidazole rings is 1. The molecule has 1 aromatic rings. The summed E-state index contributed by atoms with van der Waals surface area (Å²) in [4.78, 5) is 32.6. The number of nitrogens with zero attached hydrogens (tertiary/aromatic N) is 3. The van der Waals surface area contributed by atoms with Gasteiger partial charge in [-0.2, -0.15) is 0 Å². The topological polar surface area (TPSA) is 76.5 Å². The molecule has 4 fully saturated rings. The summed E-state index contributed by atoms with van der Waals surface area (Å²) in [6.45, 7) is 3.13. The van der Waals surface area contributed by atoms with Crippen LogP contribution in [0.3, 0.4) is 0 Å². The fourth-order valence-electron chi connectivity index (χ4n) is 6.52. The molecule has 0 radical (unpaired) electrons. The maximum absolute atomic E-state index is 13.4. The first kappa shape index (κ1) is 17.0. The maximum atomic E-state index is 13.4. The predicted molar refractivity (Wildman–Crippen MR) is 100 cm³/mol. The summed E-state index contributed by atoms with van der Waals surface area (Å²) in [7, 11) is 0. The quantitative estimate of drug-likeness (QED) is 0.843. The lowest BCUT2D eigenvalue weighted by Gasteiger charge is -2.35. The number of hydrogen-bond acceptors (Lipinski definition) is 4. The minimum Gasteiger partial charge on any atom is -0.381 e. The van der Waals surface area contributed by atoms with Gasteiger partial charge in [0, 0.05) is 43.2 Å². The fraction of sp³-hybridized carbons (Fsp3) is 0.762. The second-order valence-corrected chi connectivity index (χ2v) is 9.49. The highest BCUT2D eigenvalue weighted by Gasteiger charge is 2.60. The molecule has 150 valence electrons. The minimum absolute atomic E-state index is 0.0521. The summed E-state index contributed by atoms with van der Waals surface area (Å²) in [5, 5.41) is 3.44. The van der Waals surface area contributed by atoms with Gasteiger partial charge in [0.05, 0.1) is 31.1 Å². The monoisotopic (exact) mass is 384 g/mol. The number of rotatable bonds is 3.